The van der Waals surface area contributed by atoms with E-state index in [9.17, 15) is 4.39 Å². The van der Waals surface area contributed by atoms with Crippen LogP contribution in [0.1, 0.15) is 20.3 Å². The van der Waals surface area contributed by atoms with Crippen molar-refractivity contribution in [3.8, 4) is 0 Å². The summed E-state index contributed by atoms with van der Waals surface area (Å²) in [6, 6.07) is 0. The molecule has 0 aromatic heterocycles. The van der Waals surface area contributed by atoms with E-state index < -0.39 is 5.67 Å². The minimum Gasteiger partial charge on any atom is -0.381 e. The second-order valence-electron chi connectivity index (χ2n) is 2.20. The molecule has 0 aliphatic carbocycles. The first-order valence-corrected chi connectivity index (χ1v) is 2.80. The zero-order valence-corrected chi connectivity index (χ0v) is 5.70. The molecule has 0 saturated heterocycles. The Kier molecular flexibility index (Phi) is 2.98. The van der Waals surface area contributed by atoms with E-state index >= 15 is 0 Å². The molecule has 1 nitrogen and oxygen atoms in total. The lowest BCUT2D eigenvalue weighted by molar-refractivity contribution is 0.0520. The fourth-order valence-electron chi connectivity index (χ4n) is 0.403. The van der Waals surface area contributed by atoms with Crippen LogP contribution in [0, 0.1) is 0 Å². The Morgan fingerprint density at radius 2 is 2.12 bits per heavy atom. The predicted octanol–water partition coefficient (Wildman–Crippen LogP) is 1.77. The van der Waals surface area contributed by atoms with E-state index in [2.05, 4.69) is 4.74 Å². The molecule has 1 atom stereocenters. The van der Waals surface area contributed by atoms with E-state index in [1.54, 1.807) is 6.92 Å². The van der Waals surface area contributed by atoms with Gasteiger partial charge in [-0.2, -0.15) is 0 Å². The van der Waals surface area contributed by atoms with Gasteiger partial charge in [0.2, 0.25) is 0 Å². The number of hydrogen-bond donors (Lipinski definition) is 0. The molecular weight excluding hydrogens is 107 g/mol. The van der Waals surface area contributed by atoms with E-state index in [1.165, 1.54) is 14.0 Å². The molecule has 0 aromatic rings. The van der Waals surface area contributed by atoms with Crippen LogP contribution in [0.2, 0.25) is 0 Å². The normalized spacial score (nSPS) is 18.0. The number of alkyl halides is 1. The molecule has 0 rings (SSSR count). The summed E-state index contributed by atoms with van der Waals surface area (Å²) in [6.45, 7) is 3.54. The van der Waals surface area contributed by atoms with Gasteiger partial charge in [0.25, 0.3) is 0 Å². The molecule has 0 aromatic carbocycles. The van der Waals surface area contributed by atoms with Crippen molar-refractivity contribution in [1.29, 1.82) is 0 Å². The van der Waals surface area contributed by atoms with E-state index in [4.69, 9.17) is 0 Å². The monoisotopic (exact) mass is 120 g/mol. The second kappa shape index (κ2) is 3.02. The largest absolute Gasteiger partial charge is 0.381 e. The zero-order chi connectivity index (χ0) is 6.62. The Labute approximate surface area is 49.8 Å². The van der Waals surface area contributed by atoms with Crippen molar-refractivity contribution in [2.45, 2.75) is 25.9 Å². The smallest absolute Gasteiger partial charge is 0.131 e. The summed E-state index contributed by atoms with van der Waals surface area (Å²) >= 11 is 0. The molecule has 0 aliphatic heterocycles. The molecule has 2 heteroatoms. The molecule has 0 bridgehead atoms. The van der Waals surface area contributed by atoms with Gasteiger partial charge in [-0.25, -0.2) is 4.39 Å². The average Bonchev–Trinajstić information content (AvgIpc) is 1.67. The molecule has 0 N–H and O–H groups in total. The van der Waals surface area contributed by atoms with Gasteiger partial charge in [0.05, 0.1) is 6.61 Å². The third-order valence-corrected chi connectivity index (χ3v) is 1.18. The van der Waals surface area contributed by atoms with Gasteiger partial charge in [0.15, 0.2) is 0 Å². The van der Waals surface area contributed by atoms with Crippen LogP contribution in [-0.4, -0.2) is 19.4 Å². The van der Waals surface area contributed by atoms with Crippen molar-refractivity contribution in [3.63, 3.8) is 0 Å². The maximum absolute atomic E-state index is 12.7. The first-order valence-electron chi connectivity index (χ1n) is 2.80. The molecule has 0 amide bonds. The summed E-state index contributed by atoms with van der Waals surface area (Å²) in [6.07, 6.45) is 0.515. The summed E-state index contributed by atoms with van der Waals surface area (Å²) in [5.41, 5.74) is -1.13. The van der Waals surface area contributed by atoms with Crippen LogP contribution in [0.3, 0.4) is 0 Å². The summed E-state index contributed by atoms with van der Waals surface area (Å²) < 4.78 is 17.3. The Bertz CT molecular complexity index is 61.5. The number of hydrogen-bond acceptors (Lipinski definition) is 1. The third kappa shape index (κ3) is 2.97. The fraction of sp³-hybridized carbons (Fsp3) is 1.00. The van der Waals surface area contributed by atoms with Gasteiger partial charge >= 0.3 is 0 Å². The van der Waals surface area contributed by atoms with Gasteiger partial charge in [0, 0.05) is 7.11 Å². The maximum atomic E-state index is 12.7. The van der Waals surface area contributed by atoms with Gasteiger partial charge < -0.3 is 4.74 Å². The quantitative estimate of drug-likeness (QED) is 0.551. The van der Waals surface area contributed by atoms with Crippen LogP contribution in [0.5, 0.6) is 0 Å². The standard InChI is InChI=1S/C6H13FO/c1-4-6(2,7)5-8-3/h4-5H2,1-3H3. The summed E-state index contributed by atoms with van der Waals surface area (Å²) in [5, 5.41) is 0. The van der Waals surface area contributed by atoms with E-state index in [0.717, 1.165) is 0 Å². The topological polar surface area (TPSA) is 9.23 Å². The molecule has 0 heterocycles. The van der Waals surface area contributed by atoms with Gasteiger partial charge in [-0.15, -0.1) is 0 Å². The molecule has 1 unspecified atom stereocenters. The lowest BCUT2D eigenvalue weighted by Gasteiger charge is -2.15. The first kappa shape index (κ1) is 7.89. The Morgan fingerprint density at radius 1 is 1.62 bits per heavy atom. The summed E-state index contributed by atoms with van der Waals surface area (Å²) in [4.78, 5) is 0. The highest BCUT2D eigenvalue weighted by Crippen LogP contribution is 2.13. The zero-order valence-electron chi connectivity index (χ0n) is 5.70. The first-order chi connectivity index (χ1) is 3.62. The maximum Gasteiger partial charge on any atom is 0.131 e. The molecule has 50 valence electrons. The van der Waals surface area contributed by atoms with Crippen LogP contribution >= 0.6 is 0 Å². The SMILES string of the molecule is CCC(C)(F)COC. The van der Waals surface area contributed by atoms with Crippen molar-refractivity contribution in [3.05, 3.63) is 0 Å². The number of ether oxygens (including phenoxy) is 1. The van der Waals surface area contributed by atoms with E-state index in [-0.39, 0.29) is 6.61 Å². The lowest BCUT2D eigenvalue weighted by atomic mass is 10.1. The number of methoxy groups -OCH3 is 1. The minimum absolute atomic E-state index is 0.198. The van der Waals surface area contributed by atoms with E-state index in [1.807, 2.05) is 0 Å². The van der Waals surface area contributed by atoms with Crippen molar-refractivity contribution in [1.82, 2.24) is 0 Å². The molecule has 0 spiro atoms. The van der Waals surface area contributed by atoms with Crippen molar-refractivity contribution < 1.29 is 9.13 Å². The molecule has 0 fully saturated rings. The molecular formula is C6H13FO. The second-order valence-corrected chi connectivity index (χ2v) is 2.20. The molecule has 0 saturated carbocycles. The third-order valence-electron chi connectivity index (χ3n) is 1.18. The highest BCUT2D eigenvalue weighted by Gasteiger charge is 2.18. The van der Waals surface area contributed by atoms with Crippen LogP contribution in [-0.2, 0) is 4.74 Å². The van der Waals surface area contributed by atoms with Gasteiger partial charge in [-0.1, -0.05) is 6.92 Å². The van der Waals surface area contributed by atoms with Gasteiger partial charge in [0.1, 0.15) is 5.67 Å². The predicted molar refractivity (Wildman–Crippen MR) is 31.7 cm³/mol. The lowest BCUT2D eigenvalue weighted by Crippen LogP contribution is -2.22. The van der Waals surface area contributed by atoms with Crippen molar-refractivity contribution >= 4 is 0 Å². The van der Waals surface area contributed by atoms with Crippen LogP contribution < -0.4 is 0 Å². The fourth-order valence-corrected chi connectivity index (χ4v) is 0.403. The molecule has 0 aliphatic rings. The van der Waals surface area contributed by atoms with Crippen LogP contribution in [0.25, 0.3) is 0 Å². The average molecular weight is 120 g/mol. The molecule has 8 heavy (non-hydrogen) atoms. The van der Waals surface area contributed by atoms with Crippen LogP contribution in [0.4, 0.5) is 4.39 Å². The van der Waals surface area contributed by atoms with Gasteiger partial charge in [-0.3, -0.25) is 0 Å². The number of rotatable bonds is 3. The Hall–Kier alpha value is -0.110. The van der Waals surface area contributed by atoms with Crippen LogP contribution in [0.15, 0.2) is 0 Å². The van der Waals surface area contributed by atoms with Crippen molar-refractivity contribution in [2.75, 3.05) is 13.7 Å². The van der Waals surface area contributed by atoms with E-state index in [0.29, 0.717) is 6.42 Å². The summed E-state index contributed by atoms with van der Waals surface area (Å²) in [5.74, 6) is 0. The van der Waals surface area contributed by atoms with Gasteiger partial charge in [-0.05, 0) is 13.3 Å². The number of halogens is 1. The Balaban J connectivity index is 3.37. The Morgan fingerprint density at radius 3 is 2.25 bits per heavy atom. The highest BCUT2D eigenvalue weighted by molar-refractivity contribution is 4.68. The molecule has 0 radical (unpaired) electrons. The van der Waals surface area contributed by atoms with Crippen molar-refractivity contribution in [2.24, 2.45) is 0 Å². The summed E-state index contributed by atoms with van der Waals surface area (Å²) in [7, 11) is 1.51. The minimum atomic E-state index is -1.13. The highest BCUT2D eigenvalue weighted by atomic mass is 19.1.